The minimum Gasteiger partial charge on any atom is -0.477 e. The molecule has 0 aliphatic heterocycles. The van der Waals surface area contributed by atoms with Crippen LogP contribution in [0, 0.1) is 40.4 Å². The van der Waals surface area contributed by atoms with Crippen LogP contribution in [0.4, 0.5) is 0 Å². The summed E-state index contributed by atoms with van der Waals surface area (Å²) in [6.07, 6.45) is 8.82. The van der Waals surface area contributed by atoms with E-state index in [1.165, 1.54) is 30.4 Å². The van der Waals surface area contributed by atoms with Crippen LogP contribution >= 0.6 is 0 Å². The van der Waals surface area contributed by atoms with Crippen molar-refractivity contribution in [1.29, 1.82) is 5.26 Å². The van der Waals surface area contributed by atoms with Crippen LogP contribution in [-0.4, -0.2) is 22.8 Å². The summed E-state index contributed by atoms with van der Waals surface area (Å²) in [7, 11) is 0. The van der Waals surface area contributed by atoms with Crippen molar-refractivity contribution < 1.29 is 9.84 Å². The number of aliphatic hydroxyl groups excluding tert-OH is 1. The van der Waals surface area contributed by atoms with Crippen LogP contribution < -0.4 is 4.74 Å². The predicted octanol–water partition coefficient (Wildman–Crippen LogP) is 6.44. The number of pyridine rings is 1. The third kappa shape index (κ3) is 3.30. The number of ether oxygens (including phenoxy) is 1. The Balaban J connectivity index is 1.47. The van der Waals surface area contributed by atoms with Crippen LogP contribution in [0.3, 0.4) is 0 Å². The molecule has 0 radical (unpaired) electrons. The highest BCUT2D eigenvalue weighted by Crippen LogP contribution is 2.66. The van der Waals surface area contributed by atoms with Crippen LogP contribution in [0.2, 0.25) is 0 Å². The average Bonchev–Trinajstić information content (AvgIpc) is 3.18. The lowest BCUT2D eigenvalue weighted by atomic mass is 9.45. The van der Waals surface area contributed by atoms with E-state index < -0.39 is 0 Å². The molecule has 0 spiro atoms. The molecular formula is C31H38N2O2. The van der Waals surface area contributed by atoms with Crippen molar-refractivity contribution in [3.63, 3.8) is 0 Å². The van der Waals surface area contributed by atoms with Gasteiger partial charge >= 0.3 is 0 Å². The lowest BCUT2D eigenvalue weighted by molar-refractivity contribution is -0.111. The van der Waals surface area contributed by atoms with Crippen LogP contribution in [0.1, 0.15) is 82.4 Å². The van der Waals surface area contributed by atoms with Gasteiger partial charge in [-0.05, 0) is 104 Å². The summed E-state index contributed by atoms with van der Waals surface area (Å²) < 4.78 is 5.99. The number of aliphatic hydroxyl groups is 1. The molecule has 4 aliphatic carbocycles. The second kappa shape index (κ2) is 8.34. The molecule has 184 valence electrons. The molecule has 3 fully saturated rings. The van der Waals surface area contributed by atoms with E-state index in [0.29, 0.717) is 47.1 Å². The fraction of sp³-hybridized carbons (Fsp3) is 0.613. The van der Waals surface area contributed by atoms with Gasteiger partial charge in [-0.15, -0.1) is 0 Å². The van der Waals surface area contributed by atoms with E-state index in [-0.39, 0.29) is 11.5 Å². The van der Waals surface area contributed by atoms with Gasteiger partial charge in [-0.3, -0.25) is 0 Å². The Morgan fingerprint density at radius 2 is 1.89 bits per heavy atom. The van der Waals surface area contributed by atoms with Crippen molar-refractivity contribution in [2.75, 3.05) is 6.61 Å². The normalized spacial score (nSPS) is 37.4. The number of hydrogen-bond donors (Lipinski definition) is 1. The summed E-state index contributed by atoms with van der Waals surface area (Å²) in [6, 6.07) is 13.0. The molecule has 35 heavy (non-hydrogen) atoms. The van der Waals surface area contributed by atoms with Gasteiger partial charge in [0.05, 0.1) is 18.4 Å². The third-order valence-electron chi connectivity index (χ3n) is 10.7. The predicted molar refractivity (Wildman–Crippen MR) is 137 cm³/mol. The molecule has 7 atom stereocenters. The largest absolute Gasteiger partial charge is 0.477 e. The van der Waals surface area contributed by atoms with Gasteiger partial charge in [0.25, 0.3) is 0 Å². The van der Waals surface area contributed by atoms with Crippen LogP contribution in [0.15, 0.2) is 30.3 Å². The van der Waals surface area contributed by atoms with Gasteiger partial charge in [0.15, 0.2) is 0 Å². The van der Waals surface area contributed by atoms with Crippen LogP contribution in [0.5, 0.6) is 5.88 Å². The maximum Gasteiger partial charge on any atom is 0.232 e. The molecule has 1 aromatic carbocycles. The van der Waals surface area contributed by atoms with Crippen molar-refractivity contribution in [2.45, 2.75) is 83.7 Å². The zero-order chi connectivity index (χ0) is 24.4. The van der Waals surface area contributed by atoms with E-state index in [1.54, 1.807) is 0 Å². The zero-order valence-electron chi connectivity index (χ0n) is 21.4. The summed E-state index contributed by atoms with van der Waals surface area (Å²) in [5.74, 6) is 3.08. The summed E-state index contributed by atoms with van der Waals surface area (Å²) in [4.78, 5) is 4.98. The molecule has 4 aliphatic rings. The molecule has 0 saturated heterocycles. The molecule has 1 N–H and O–H groups in total. The Morgan fingerprint density at radius 1 is 1.09 bits per heavy atom. The molecule has 6 rings (SSSR count). The average molecular weight is 471 g/mol. The standard InChI is InChI=1S/C31H38N2O2/c1-4-35-29-24(18-32)27-23(28(33-29)19-8-6-5-7-9-19)17-26-22-11-10-20-16-21(34)12-14-30(20,2)25(22)13-15-31(26,27)3/h5-9,20-22,25-26,34H,4,10-17H2,1-3H3/t20-,21-,22+,25-,26-,30-,31-/m0/s1. The molecule has 4 nitrogen and oxygen atoms in total. The molecule has 0 amide bonds. The van der Waals surface area contributed by atoms with Gasteiger partial charge in [0, 0.05) is 5.56 Å². The minimum atomic E-state index is -0.108. The zero-order valence-corrected chi connectivity index (χ0v) is 21.4. The number of benzene rings is 1. The Labute approximate surface area is 209 Å². The smallest absolute Gasteiger partial charge is 0.232 e. The molecule has 0 bridgehead atoms. The van der Waals surface area contributed by atoms with E-state index >= 15 is 0 Å². The molecule has 2 aromatic rings. The fourth-order valence-electron chi connectivity index (χ4n) is 9.07. The Kier molecular flexibility index (Phi) is 5.49. The molecule has 1 heterocycles. The maximum absolute atomic E-state index is 10.4. The Morgan fingerprint density at radius 3 is 2.63 bits per heavy atom. The quantitative estimate of drug-likeness (QED) is 0.561. The molecule has 0 unspecified atom stereocenters. The lowest BCUT2D eigenvalue weighted by Crippen LogP contribution is -2.54. The number of aromatic nitrogens is 1. The lowest BCUT2D eigenvalue weighted by Gasteiger charge is -2.60. The van der Waals surface area contributed by atoms with Crippen molar-refractivity contribution in [3.8, 4) is 23.2 Å². The highest BCUT2D eigenvalue weighted by atomic mass is 16.5. The molecule has 1 aromatic heterocycles. The van der Waals surface area contributed by atoms with Crippen LogP contribution in [0.25, 0.3) is 11.3 Å². The summed E-state index contributed by atoms with van der Waals surface area (Å²) in [5.41, 5.74) is 5.64. The summed E-state index contributed by atoms with van der Waals surface area (Å²) >= 11 is 0. The highest BCUT2D eigenvalue weighted by Gasteiger charge is 2.60. The van der Waals surface area contributed by atoms with E-state index in [9.17, 15) is 10.4 Å². The van der Waals surface area contributed by atoms with Gasteiger partial charge in [-0.2, -0.15) is 5.26 Å². The minimum absolute atomic E-state index is 0.0166. The van der Waals surface area contributed by atoms with Gasteiger partial charge in [-0.1, -0.05) is 44.2 Å². The summed E-state index contributed by atoms with van der Waals surface area (Å²) in [5, 5.41) is 20.7. The highest BCUT2D eigenvalue weighted by molar-refractivity contribution is 5.71. The van der Waals surface area contributed by atoms with Gasteiger partial charge < -0.3 is 9.84 Å². The maximum atomic E-state index is 10.4. The van der Waals surface area contributed by atoms with Gasteiger partial charge in [0.2, 0.25) is 5.88 Å². The number of hydrogen-bond acceptors (Lipinski definition) is 4. The first-order valence-corrected chi connectivity index (χ1v) is 13.7. The number of nitriles is 1. The van der Waals surface area contributed by atoms with Gasteiger partial charge in [0.1, 0.15) is 11.6 Å². The van der Waals surface area contributed by atoms with E-state index in [1.807, 2.05) is 13.0 Å². The molecule has 4 heteroatoms. The van der Waals surface area contributed by atoms with Crippen molar-refractivity contribution in [3.05, 3.63) is 47.0 Å². The second-order valence-corrected chi connectivity index (χ2v) is 12.2. The van der Waals surface area contributed by atoms with Crippen molar-refractivity contribution >= 4 is 0 Å². The molecular weight excluding hydrogens is 432 g/mol. The van der Waals surface area contributed by atoms with E-state index in [0.717, 1.165) is 43.4 Å². The monoisotopic (exact) mass is 470 g/mol. The number of nitrogens with zero attached hydrogens (tertiary/aromatic N) is 2. The van der Waals surface area contributed by atoms with Crippen LogP contribution in [-0.2, 0) is 11.8 Å². The Bertz CT molecular complexity index is 1170. The first-order chi connectivity index (χ1) is 16.9. The summed E-state index contributed by atoms with van der Waals surface area (Å²) in [6.45, 7) is 7.44. The van der Waals surface area contributed by atoms with E-state index in [2.05, 4.69) is 44.2 Å². The second-order valence-electron chi connectivity index (χ2n) is 12.2. The first-order valence-electron chi connectivity index (χ1n) is 13.7. The number of rotatable bonds is 3. The fourth-order valence-corrected chi connectivity index (χ4v) is 9.07. The topological polar surface area (TPSA) is 66.1 Å². The first kappa shape index (κ1) is 23.0. The molecule has 3 saturated carbocycles. The number of fused-ring (bicyclic) bond motifs is 7. The SMILES string of the molecule is CCOc1nc(-c2ccccc2)c2c(c1C#N)[C@@]1(C)CC[C@H]3[C@@H](CC[C@H]4C[C@@H](O)CC[C@@]43C)[C@@H]1C2. The third-order valence-corrected chi connectivity index (χ3v) is 10.7. The van der Waals surface area contributed by atoms with Crippen molar-refractivity contribution in [2.24, 2.45) is 29.1 Å². The van der Waals surface area contributed by atoms with Gasteiger partial charge in [-0.25, -0.2) is 4.98 Å². The van der Waals surface area contributed by atoms with E-state index in [4.69, 9.17) is 9.72 Å². The van der Waals surface area contributed by atoms with Crippen molar-refractivity contribution in [1.82, 2.24) is 4.98 Å². The Hall–Kier alpha value is -2.38.